The number of thiazole rings is 1. The number of rotatable bonds is 6. The zero-order chi connectivity index (χ0) is 18.4. The average Bonchev–Trinajstić information content (AvgIpc) is 3.00. The smallest absolute Gasteiger partial charge is 0.358 e. The number of hydrogen-bond acceptors (Lipinski definition) is 8. The topological polar surface area (TPSA) is 136 Å². The second kappa shape index (κ2) is 8.24. The van der Waals surface area contributed by atoms with Gasteiger partial charge in [0.05, 0.1) is 24.4 Å². The van der Waals surface area contributed by atoms with Crippen molar-refractivity contribution in [3.63, 3.8) is 0 Å². The summed E-state index contributed by atoms with van der Waals surface area (Å²) >= 11 is 1.07. The molecule has 0 aliphatic carbocycles. The van der Waals surface area contributed by atoms with Gasteiger partial charge in [-0.15, -0.1) is 11.3 Å². The minimum absolute atomic E-state index is 0.00676. The van der Waals surface area contributed by atoms with E-state index in [2.05, 4.69) is 20.9 Å². The van der Waals surface area contributed by atoms with Gasteiger partial charge in [0.1, 0.15) is 6.61 Å². The number of urea groups is 1. The highest BCUT2D eigenvalue weighted by molar-refractivity contribution is 7.14. The van der Waals surface area contributed by atoms with E-state index < -0.39 is 18.0 Å². The Morgan fingerprint density at radius 3 is 2.76 bits per heavy atom. The number of carbonyl (C=O) groups is 4. The van der Waals surface area contributed by atoms with Crippen LogP contribution in [-0.2, 0) is 19.1 Å². The van der Waals surface area contributed by atoms with Crippen molar-refractivity contribution in [2.75, 3.05) is 25.1 Å². The Morgan fingerprint density at radius 2 is 2.08 bits per heavy atom. The van der Waals surface area contributed by atoms with Crippen molar-refractivity contribution in [2.45, 2.75) is 13.8 Å². The summed E-state index contributed by atoms with van der Waals surface area (Å²) in [6.45, 7) is 2.80. The molecule has 0 saturated heterocycles. The second-order valence-corrected chi connectivity index (χ2v) is 5.64. The largest absolute Gasteiger partial charge is 0.463 e. The van der Waals surface area contributed by atoms with Crippen LogP contribution in [0.5, 0.6) is 0 Å². The number of aromatic nitrogens is 1. The molecule has 1 aromatic rings. The van der Waals surface area contributed by atoms with E-state index in [1.54, 1.807) is 6.92 Å². The van der Waals surface area contributed by atoms with Crippen LogP contribution in [0.4, 0.5) is 9.93 Å². The predicted molar refractivity (Wildman–Crippen MR) is 86.9 cm³/mol. The molecular formula is C14H16N4O6S. The first-order chi connectivity index (χ1) is 11.9. The Morgan fingerprint density at radius 1 is 1.32 bits per heavy atom. The highest BCUT2D eigenvalue weighted by Crippen LogP contribution is 2.16. The third-order valence-corrected chi connectivity index (χ3v) is 3.68. The van der Waals surface area contributed by atoms with Gasteiger partial charge in [-0.3, -0.25) is 4.79 Å². The van der Waals surface area contributed by atoms with Crippen LogP contribution in [0.15, 0.2) is 16.7 Å². The summed E-state index contributed by atoms with van der Waals surface area (Å²) in [5, 5.41) is 9.01. The summed E-state index contributed by atoms with van der Waals surface area (Å²) < 4.78 is 9.98. The molecule has 1 aliphatic heterocycles. The van der Waals surface area contributed by atoms with Gasteiger partial charge in [-0.2, -0.15) is 0 Å². The lowest BCUT2D eigenvalue weighted by molar-refractivity contribution is -0.138. The maximum atomic E-state index is 12.0. The number of amides is 3. The van der Waals surface area contributed by atoms with Gasteiger partial charge in [0.15, 0.2) is 10.8 Å². The second-order valence-electron chi connectivity index (χ2n) is 4.78. The monoisotopic (exact) mass is 368 g/mol. The molecule has 0 radical (unpaired) electrons. The molecule has 2 rings (SSSR count). The molecule has 0 bridgehead atoms. The first-order valence-corrected chi connectivity index (χ1v) is 8.13. The highest BCUT2D eigenvalue weighted by Gasteiger charge is 2.25. The molecule has 1 aliphatic rings. The maximum absolute atomic E-state index is 12.0. The molecule has 0 fully saturated rings. The van der Waals surface area contributed by atoms with Gasteiger partial charge < -0.3 is 25.4 Å². The molecule has 10 nitrogen and oxygen atoms in total. The van der Waals surface area contributed by atoms with E-state index in [4.69, 9.17) is 9.47 Å². The standard InChI is InChI=1S/C14H16N4O6S/c1-3-23-11(20)8-4-15-13(22)17-9(8)5-24-12(21)10-6-25-14(18-10)16-7(2)19/h6H,3-5H2,1-2H3,(H2,15,17,22)(H,16,18,19). The van der Waals surface area contributed by atoms with E-state index in [0.717, 1.165) is 11.3 Å². The molecule has 0 saturated carbocycles. The summed E-state index contributed by atoms with van der Waals surface area (Å²) in [5.74, 6) is -1.67. The first kappa shape index (κ1) is 18.4. The van der Waals surface area contributed by atoms with Gasteiger partial charge >= 0.3 is 18.0 Å². The van der Waals surface area contributed by atoms with Crippen LogP contribution >= 0.6 is 11.3 Å². The highest BCUT2D eigenvalue weighted by atomic mass is 32.1. The van der Waals surface area contributed by atoms with Crippen LogP contribution in [0.25, 0.3) is 0 Å². The van der Waals surface area contributed by atoms with Gasteiger partial charge in [-0.1, -0.05) is 0 Å². The number of nitrogens with one attached hydrogen (secondary N) is 3. The van der Waals surface area contributed by atoms with Crippen LogP contribution in [-0.4, -0.2) is 48.6 Å². The summed E-state index contributed by atoms with van der Waals surface area (Å²) in [5.41, 5.74) is 0.326. The van der Waals surface area contributed by atoms with Gasteiger partial charge in [0, 0.05) is 12.3 Å². The molecule has 0 spiro atoms. The minimum Gasteiger partial charge on any atom is -0.463 e. The van der Waals surface area contributed by atoms with E-state index in [-0.39, 0.29) is 47.8 Å². The Balaban J connectivity index is 2.04. The molecule has 2 heterocycles. The molecule has 25 heavy (non-hydrogen) atoms. The van der Waals surface area contributed by atoms with Crippen molar-refractivity contribution in [1.82, 2.24) is 15.6 Å². The van der Waals surface area contributed by atoms with E-state index in [9.17, 15) is 19.2 Å². The fourth-order valence-electron chi connectivity index (χ4n) is 1.86. The zero-order valence-electron chi connectivity index (χ0n) is 13.5. The molecule has 0 aromatic carbocycles. The Kier molecular flexibility index (Phi) is 6.06. The zero-order valence-corrected chi connectivity index (χ0v) is 14.3. The molecule has 0 unspecified atom stereocenters. The number of esters is 2. The minimum atomic E-state index is -0.753. The summed E-state index contributed by atoms with van der Waals surface area (Å²) in [7, 11) is 0. The van der Waals surface area contributed by atoms with Crippen LogP contribution in [0, 0.1) is 0 Å². The maximum Gasteiger partial charge on any atom is 0.358 e. The molecule has 1 aromatic heterocycles. The fraction of sp³-hybridized carbons (Fsp3) is 0.357. The summed E-state index contributed by atoms with van der Waals surface area (Å²) in [6.07, 6.45) is 0. The van der Waals surface area contributed by atoms with E-state index in [1.165, 1.54) is 12.3 Å². The number of nitrogens with zero attached hydrogens (tertiary/aromatic N) is 1. The lowest BCUT2D eigenvalue weighted by Gasteiger charge is -2.20. The molecule has 134 valence electrons. The van der Waals surface area contributed by atoms with Crippen molar-refractivity contribution in [1.29, 1.82) is 0 Å². The summed E-state index contributed by atoms with van der Waals surface area (Å²) in [4.78, 5) is 50.2. The van der Waals surface area contributed by atoms with Crippen molar-refractivity contribution in [3.8, 4) is 0 Å². The normalized spacial score (nSPS) is 13.6. The predicted octanol–water partition coefficient (Wildman–Crippen LogP) is 0.388. The van der Waals surface area contributed by atoms with Crippen molar-refractivity contribution in [2.24, 2.45) is 0 Å². The van der Waals surface area contributed by atoms with Gasteiger partial charge in [-0.05, 0) is 6.92 Å². The number of carbonyl (C=O) groups excluding carboxylic acids is 4. The Bertz CT molecular complexity index is 741. The third kappa shape index (κ3) is 5.01. The average molecular weight is 368 g/mol. The SMILES string of the molecule is CCOC(=O)C1=C(COC(=O)c2csc(NC(C)=O)n2)NC(=O)NC1. The first-order valence-electron chi connectivity index (χ1n) is 7.25. The molecule has 0 atom stereocenters. The molecule has 3 amide bonds. The van der Waals surface area contributed by atoms with E-state index in [1.807, 2.05) is 0 Å². The van der Waals surface area contributed by atoms with E-state index in [0.29, 0.717) is 0 Å². The number of hydrogen-bond donors (Lipinski definition) is 3. The Hall–Kier alpha value is -2.95. The fourth-order valence-corrected chi connectivity index (χ4v) is 2.58. The third-order valence-electron chi connectivity index (χ3n) is 2.92. The summed E-state index contributed by atoms with van der Waals surface area (Å²) in [6, 6.07) is -0.513. The molecule has 3 N–H and O–H groups in total. The Labute approximate surface area is 146 Å². The van der Waals surface area contributed by atoms with Crippen molar-refractivity contribution < 1.29 is 28.7 Å². The molecular weight excluding hydrogens is 352 g/mol. The van der Waals surface area contributed by atoms with Crippen LogP contribution in [0.2, 0.25) is 0 Å². The van der Waals surface area contributed by atoms with Crippen LogP contribution < -0.4 is 16.0 Å². The quantitative estimate of drug-likeness (QED) is 0.618. The molecule has 11 heteroatoms. The van der Waals surface area contributed by atoms with E-state index >= 15 is 0 Å². The van der Waals surface area contributed by atoms with Crippen LogP contribution in [0.1, 0.15) is 24.3 Å². The van der Waals surface area contributed by atoms with Gasteiger partial charge in [0.2, 0.25) is 5.91 Å². The number of anilines is 1. The van der Waals surface area contributed by atoms with Gasteiger partial charge in [-0.25, -0.2) is 19.4 Å². The van der Waals surface area contributed by atoms with Gasteiger partial charge in [0.25, 0.3) is 0 Å². The number of ether oxygens (including phenoxy) is 2. The van der Waals surface area contributed by atoms with Crippen LogP contribution in [0.3, 0.4) is 0 Å². The lowest BCUT2D eigenvalue weighted by Crippen LogP contribution is -2.45. The van der Waals surface area contributed by atoms with Crippen molar-refractivity contribution in [3.05, 3.63) is 22.3 Å². The lowest BCUT2D eigenvalue weighted by atomic mass is 10.2. The van der Waals surface area contributed by atoms with Crippen molar-refractivity contribution >= 4 is 40.3 Å².